The summed E-state index contributed by atoms with van der Waals surface area (Å²) in [5.74, 6) is 0. The van der Waals surface area contributed by atoms with Crippen molar-refractivity contribution in [1.82, 2.24) is 0 Å². The molecule has 0 spiro atoms. The molecule has 0 aliphatic carbocycles. The van der Waals surface area contributed by atoms with Crippen LogP contribution in [0.3, 0.4) is 0 Å². The Kier molecular flexibility index (Phi) is 7.37. The van der Waals surface area contributed by atoms with E-state index >= 15 is 0 Å². The van der Waals surface area contributed by atoms with E-state index in [2.05, 4.69) is 0 Å². The van der Waals surface area contributed by atoms with Crippen LogP contribution in [0.5, 0.6) is 0 Å². The van der Waals surface area contributed by atoms with Gasteiger partial charge >= 0.3 is 16.4 Å². The Morgan fingerprint density at radius 1 is 0.929 bits per heavy atom. The molecule has 0 bridgehead atoms. The minimum Gasteiger partial charge on any atom is -0.402 e. The SMILES string of the molecule is CCO[Si](OCC)(OCC)OB(O)O. The van der Waals surface area contributed by atoms with Crippen LogP contribution in [0.4, 0.5) is 0 Å². The fourth-order valence-electron chi connectivity index (χ4n) is 0.886. The van der Waals surface area contributed by atoms with Crippen molar-refractivity contribution in [3.63, 3.8) is 0 Å². The third-order valence-corrected chi connectivity index (χ3v) is 3.64. The molecule has 0 aromatic rings. The second-order valence-corrected chi connectivity index (χ2v) is 4.34. The Labute approximate surface area is 85.4 Å². The van der Waals surface area contributed by atoms with Gasteiger partial charge < -0.3 is 27.7 Å². The average molecular weight is 224 g/mol. The molecule has 8 heteroatoms. The number of hydrogen-bond acceptors (Lipinski definition) is 6. The third-order valence-electron chi connectivity index (χ3n) is 1.21. The fraction of sp³-hybridized carbons (Fsp3) is 1.00. The van der Waals surface area contributed by atoms with Crippen LogP contribution in [0.25, 0.3) is 0 Å². The molecule has 0 aliphatic heterocycles. The normalized spacial score (nSPS) is 11.8. The standard InChI is InChI=1S/C6H17BO6Si/c1-4-10-14(11-5-2,12-6-3)13-7(8)9/h8-9H,4-6H2,1-3H3. The summed E-state index contributed by atoms with van der Waals surface area (Å²) in [5, 5.41) is 17.4. The van der Waals surface area contributed by atoms with Crippen molar-refractivity contribution in [1.29, 1.82) is 0 Å². The second-order valence-electron chi connectivity index (χ2n) is 2.24. The Morgan fingerprint density at radius 2 is 1.29 bits per heavy atom. The Morgan fingerprint density at radius 3 is 1.50 bits per heavy atom. The van der Waals surface area contributed by atoms with Crippen molar-refractivity contribution in [2.75, 3.05) is 19.8 Å². The van der Waals surface area contributed by atoms with Crippen molar-refractivity contribution in [2.45, 2.75) is 20.8 Å². The van der Waals surface area contributed by atoms with Gasteiger partial charge in [-0.25, -0.2) is 0 Å². The minimum absolute atomic E-state index is 0.318. The molecule has 0 radical (unpaired) electrons. The molecule has 0 amide bonds. The van der Waals surface area contributed by atoms with Gasteiger partial charge in [-0.15, -0.1) is 0 Å². The Bertz CT molecular complexity index is 129. The lowest BCUT2D eigenvalue weighted by Crippen LogP contribution is -2.52. The summed E-state index contributed by atoms with van der Waals surface area (Å²) in [6.07, 6.45) is 0. The molecule has 0 heterocycles. The van der Waals surface area contributed by atoms with Crippen molar-refractivity contribution >= 4 is 16.4 Å². The molecule has 2 N–H and O–H groups in total. The molecular formula is C6H17BO6Si. The van der Waals surface area contributed by atoms with Crippen molar-refractivity contribution in [2.24, 2.45) is 0 Å². The van der Waals surface area contributed by atoms with Crippen LogP contribution in [-0.2, 0) is 17.6 Å². The van der Waals surface area contributed by atoms with Gasteiger partial charge in [0, 0.05) is 19.8 Å². The lowest BCUT2D eigenvalue weighted by atomic mass is 10.3. The van der Waals surface area contributed by atoms with Crippen LogP contribution in [0.1, 0.15) is 20.8 Å². The highest BCUT2D eigenvalue weighted by atomic mass is 28.4. The van der Waals surface area contributed by atoms with E-state index in [1.54, 1.807) is 20.8 Å². The summed E-state index contributed by atoms with van der Waals surface area (Å²) in [6, 6.07) is 0. The van der Waals surface area contributed by atoms with Crippen LogP contribution in [0.2, 0.25) is 0 Å². The molecule has 14 heavy (non-hydrogen) atoms. The molecular weight excluding hydrogens is 207 g/mol. The topological polar surface area (TPSA) is 77.4 Å². The maximum atomic E-state index is 8.70. The monoisotopic (exact) mass is 224 g/mol. The lowest BCUT2D eigenvalue weighted by molar-refractivity contribution is -0.00349. The van der Waals surface area contributed by atoms with E-state index in [-0.39, 0.29) is 0 Å². The van der Waals surface area contributed by atoms with Gasteiger partial charge in [0.2, 0.25) is 0 Å². The van der Waals surface area contributed by atoms with E-state index in [1.165, 1.54) is 0 Å². The molecule has 84 valence electrons. The predicted octanol–water partition coefficient (Wildman–Crippen LogP) is -0.482. The zero-order valence-electron chi connectivity index (χ0n) is 8.73. The first-order chi connectivity index (χ1) is 6.60. The van der Waals surface area contributed by atoms with E-state index in [1.807, 2.05) is 0 Å². The zero-order valence-corrected chi connectivity index (χ0v) is 9.73. The molecule has 0 unspecified atom stereocenters. The molecule has 0 atom stereocenters. The zero-order chi connectivity index (χ0) is 11.0. The highest BCUT2D eigenvalue weighted by Crippen LogP contribution is 2.11. The Balaban J connectivity index is 4.37. The quantitative estimate of drug-likeness (QED) is 0.542. The predicted molar refractivity (Wildman–Crippen MR) is 51.9 cm³/mol. The van der Waals surface area contributed by atoms with Gasteiger partial charge in [-0.1, -0.05) is 0 Å². The first-order valence-corrected chi connectivity index (χ1v) is 6.19. The molecule has 0 rings (SSSR count). The Hall–Kier alpha value is 0.0418. The molecule has 0 saturated heterocycles. The average Bonchev–Trinajstić information content (AvgIpc) is 2.03. The summed E-state index contributed by atoms with van der Waals surface area (Å²) >= 11 is 0. The van der Waals surface area contributed by atoms with Gasteiger partial charge in [0.15, 0.2) is 0 Å². The van der Waals surface area contributed by atoms with Crippen LogP contribution in [-0.4, -0.2) is 46.2 Å². The smallest absolute Gasteiger partial charge is 0.402 e. The first-order valence-electron chi connectivity index (χ1n) is 4.56. The maximum Gasteiger partial charge on any atom is 0.668 e. The van der Waals surface area contributed by atoms with Crippen molar-refractivity contribution < 1.29 is 27.7 Å². The number of hydrogen-bond donors (Lipinski definition) is 2. The highest BCUT2D eigenvalue weighted by molar-refractivity contribution is 6.61. The largest absolute Gasteiger partial charge is 0.668 e. The van der Waals surface area contributed by atoms with Crippen LogP contribution >= 0.6 is 0 Å². The number of rotatable bonds is 8. The van der Waals surface area contributed by atoms with Crippen LogP contribution < -0.4 is 0 Å². The molecule has 0 fully saturated rings. The molecule has 0 aromatic carbocycles. The summed E-state index contributed by atoms with van der Waals surface area (Å²) < 4.78 is 20.3. The fourth-order valence-corrected chi connectivity index (χ4v) is 2.66. The van der Waals surface area contributed by atoms with E-state index in [0.717, 1.165) is 0 Å². The summed E-state index contributed by atoms with van der Waals surface area (Å²) in [4.78, 5) is 0. The first kappa shape index (κ1) is 14.0. The van der Waals surface area contributed by atoms with E-state index in [0.29, 0.717) is 19.8 Å². The molecule has 0 aromatic heterocycles. The minimum atomic E-state index is -3.36. The van der Waals surface area contributed by atoms with Gasteiger partial charge in [-0.2, -0.15) is 0 Å². The summed E-state index contributed by atoms with van der Waals surface area (Å²) in [6.45, 7) is 6.18. The molecule has 6 nitrogen and oxygen atoms in total. The van der Waals surface area contributed by atoms with Crippen molar-refractivity contribution in [3.8, 4) is 0 Å². The van der Waals surface area contributed by atoms with Crippen LogP contribution in [0, 0.1) is 0 Å². The second kappa shape index (κ2) is 7.35. The van der Waals surface area contributed by atoms with E-state index in [4.69, 9.17) is 27.7 Å². The van der Waals surface area contributed by atoms with Crippen molar-refractivity contribution in [3.05, 3.63) is 0 Å². The summed E-state index contributed by atoms with van der Waals surface area (Å²) in [7, 11) is -5.31. The van der Waals surface area contributed by atoms with E-state index in [9.17, 15) is 0 Å². The maximum absolute atomic E-state index is 8.70. The van der Waals surface area contributed by atoms with Gasteiger partial charge in [-0.05, 0) is 20.8 Å². The van der Waals surface area contributed by atoms with Gasteiger partial charge in [0.1, 0.15) is 0 Å². The summed E-state index contributed by atoms with van der Waals surface area (Å²) in [5.41, 5.74) is 0. The van der Waals surface area contributed by atoms with Gasteiger partial charge in [0.25, 0.3) is 0 Å². The van der Waals surface area contributed by atoms with E-state index < -0.39 is 16.4 Å². The van der Waals surface area contributed by atoms with Crippen LogP contribution in [0.15, 0.2) is 0 Å². The van der Waals surface area contributed by atoms with Gasteiger partial charge in [-0.3, -0.25) is 0 Å². The highest BCUT2D eigenvalue weighted by Gasteiger charge is 2.47. The molecule has 0 aliphatic rings. The van der Waals surface area contributed by atoms with Gasteiger partial charge in [0.05, 0.1) is 0 Å². The third kappa shape index (κ3) is 5.06. The molecule has 0 saturated carbocycles. The lowest BCUT2D eigenvalue weighted by Gasteiger charge is -2.26.